The summed E-state index contributed by atoms with van der Waals surface area (Å²) in [6, 6.07) is 6.39. The average molecular weight is 208 g/mol. The van der Waals surface area contributed by atoms with Crippen molar-refractivity contribution in [1.82, 2.24) is 5.43 Å². The minimum atomic E-state index is 0.329. The van der Waals surface area contributed by atoms with Crippen molar-refractivity contribution in [3.05, 3.63) is 23.8 Å². The lowest BCUT2D eigenvalue weighted by Crippen LogP contribution is -2.32. The zero-order valence-corrected chi connectivity index (χ0v) is 8.82. The standard InChI is InChI=1S/C11H16N2O2/c1-8(13-12)2-3-9-4-5-10-11(6-9)15-7-14-10/h4-6,8,13H,2-3,7,12H2,1H3/t8-/m1/s1. The highest BCUT2D eigenvalue weighted by Gasteiger charge is 2.13. The van der Waals surface area contributed by atoms with Crippen LogP contribution in [-0.4, -0.2) is 12.8 Å². The molecule has 0 saturated carbocycles. The molecule has 1 aromatic rings. The molecule has 4 heteroatoms. The normalized spacial score (nSPS) is 15.3. The number of nitrogens with two attached hydrogens (primary N) is 1. The molecule has 1 aliphatic heterocycles. The lowest BCUT2D eigenvalue weighted by atomic mass is 10.1. The highest BCUT2D eigenvalue weighted by atomic mass is 16.7. The first-order valence-electron chi connectivity index (χ1n) is 5.14. The van der Waals surface area contributed by atoms with E-state index in [1.807, 2.05) is 12.1 Å². The van der Waals surface area contributed by atoms with Crippen molar-refractivity contribution in [3.63, 3.8) is 0 Å². The van der Waals surface area contributed by atoms with Gasteiger partial charge in [0.2, 0.25) is 6.79 Å². The molecular weight excluding hydrogens is 192 g/mol. The van der Waals surface area contributed by atoms with E-state index in [1.165, 1.54) is 5.56 Å². The molecule has 1 atom stereocenters. The molecule has 0 aromatic heterocycles. The Hall–Kier alpha value is -1.26. The van der Waals surface area contributed by atoms with Gasteiger partial charge in [-0.25, -0.2) is 0 Å². The van der Waals surface area contributed by atoms with E-state index in [4.69, 9.17) is 15.3 Å². The smallest absolute Gasteiger partial charge is 0.231 e. The monoisotopic (exact) mass is 208 g/mol. The number of rotatable bonds is 4. The molecule has 0 saturated heterocycles. The van der Waals surface area contributed by atoms with Crippen LogP contribution in [0.1, 0.15) is 18.9 Å². The molecule has 3 N–H and O–H groups in total. The van der Waals surface area contributed by atoms with E-state index in [2.05, 4.69) is 18.4 Å². The van der Waals surface area contributed by atoms with Crippen LogP contribution in [0.5, 0.6) is 11.5 Å². The Morgan fingerprint density at radius 2 is 2.20 bits per heavy atom. The molecule has 2 rings (SSSR count). The third-order valence-electron chi connectivity index (χ3n) is 2.59. The van der Waals surface area contributed by atoms with Gasteiger partial charge in [0.25, 0.3) is 0 Å². The van der Waals surface area contributed by atoms with Gasteiger partial charge in [0.1, 0.15) is 0 Å². The summed E-state index contributed by atoms with van der Waals surface area (Å²) in [5.41, 5.74) is 3.98. The summed E-state index contributed by atoms with van der Waals surface area (Å²) < 4.78 is 10.6. The van der Waals surface area contributed by atoms with Crippen LogP contribution in [0, 0.1) is 0 Å². The number of fused-ring (bicyclic) bond motifs is 1. The lowest BCUT2D eigenvalue weighted by molar-refractivity contribution is 0.174. The molecule has 0 radical (unpaired) electrons. The second kappa shape index (κ2) is 4.51. The Kier molecular flexibility index (Phi) is 3.08. The van der Waals surface area contributed by atoms with Gasteiger partial charge in [-0.3, -0.25) is 11.3 Å². The molecule has 0 aliphatic carbocycles. The number of benzene rings is 1. The highest BCUT2D eigenvalue weighted by molar-refractivity contribution is 5.44. The maximum absolute atomic E-state index is 5.33. The van der Waals surface area contributed by atoms with Crippen LogP contribution in [0.25, 0.3) is 0 Å². The van der Waals surface area contributed by atoms with Gasteiger partial charge in [-0.05, 0) is 37.5 Å². The lowest BCUT2D eigenvalue weighted by Gasteiger charge is -2.09. The van der Waals surface area contributed by atoms with Crippen molar-refractivity contribution in [2.75, 3.05) is 6.79 Å². The van der Waals surface area contributed by atoms with E-state index in [9.17, 15) is 0 Å². The molecule has 0 amide bonds. The van der Waals surface area contributed by atoms with Crippen molar-refractivity contribution in [1.29, 1.82) is 0 Å². The zero-order valence-electron chi connectivity index (χ0n) is 8.82. The zero-order chi connectivity index (χ0) is 10.7. The topological polar surface area (TPSA) is 56.5 Å². The summed E-state index contributed by atoms with van der Waals surface area (Å²) in [5.74, 6) is 7.02. The summed E-state index contributed by atoms with van der Waals surface area (Å²) in [7, 11) is 0. The molecule has 1 aliphatic rings. The van der Waals surface area contributed by atoms with Crippen molar-refractivity contribution < 1.29 is 9.47 Å². The van der Waals surface area contributed by atoms with E-state index in [0.29, 0.717) is 12.8 Å². The van der Waals surface area contributed by atoms with Crippen LogP contribution in [-0.2, 0) is 6.42 Å². The number of aryl methyl sites for hydroxylation is 1. The van der Waals surface area contributed by atoms with Gasteiger partial charge in [-0.1, -0.05) is 6.07 Å². The van der Waals surface area contributed by atoms with Crippen molar-refractivity contribution >= 4 is 0 Å². The second-order valence-corrected chi connectivity index (χ2v) is 3.79. The fourth-order valence-corrected chi connectivity index (χ4v) is 1.56. The Morgan fingerprint density at radius 1 is 1.40 bits per heavy atom. The minimum Gasteiger partial charge on any atom is -0.454 e. The van der Waals surface area contributed by atoms with Gasteiger partial charge >= 0.3 is 0 Å². The predicted molar refractivity (Wildman–Crippen MR) is 57.7 cm³/mol. The maximum Gasteiger partial charge on any atom is 0.231 e. The number of hydrogen-bond donors (Lipinski definition) is 2. The summed E-state index contributed by atoms with van der Waals surface area (Å²) in [4.78, 5) is 0. The average Bonchev–Trinajstić information content (AvgIpc) is 2.72. The van der Waals surface area contributed by atoms with Crippen molar-refractivity contribution in [3.8, 4) is 11.5 Å². The molecular formula is C11H16N2O2. The number of nitrogens with one attached hydrogen (secondary N) is 1. The predicted octanol–water partition coefficient (Wildman–Crippen LogP) is 1.20. The van der Waals surface area contributed by atoms with Crippen molar-refractivity contribution in [2.24, 2.45) is 5.84 Å². The van der Waals surface area contributed by atoms with Gasteiger partial charge in [0.05, 0.1) is 0 Å². The largest absolute Gasteiger partial charge is 0.454 e. The molecule has 4 nitrogen and oxygen atoms in total. The SMILES string of the molecule is C[C@H](CCc1ccc2c(c1)OCO2)NN. The van der Waals surface area contributed by atoms with Gasteiger partial charge in [0.15, 0.2) is 11.5 Å². The van der Waals surface area contributed by atoms with E-state index in [0.717, 1.165) is 24.3 Å². The molecule has 15 heavy (non-hydrogen) atoms. The fourth-order valence-electron chi connectivity index (χ4n) is 1.56. The van der Waals surface area contributed by atoms with Gasteiger partial charge in [-0.15, -0.1) is 0 Å². The maximum atomic E-state index is 5.33. The third kappa shape index (κ3) is 2.40. The molecule has 0 spiro atoms. The Balaban J connectivity index is 1.98. The number of hydrogen-bond acceptors (Lipinski definition) is 4. The Labute approximate surface area is 89.3 Å². The summed E-state index contributed by atoms with van der Waals surface area (Å²) in [5, 5.41) is 0. The Morgan fingerprint density at radius 3 is 3.00 bits per heavy atom. The van der Waals surface area contributed by atoms with E-state index in [-0.39, 0.29) is 0 Å². The molecule has 82 valence electrons. The fraction of sp³-hybridized carbons (Fsp3) is 0.455. The number of hydrazine groups is 1. The minimum absolute atomic E-state index is 0.329. The summed E-state index contributed by atoms with van der Waals surface area (Å²) >= 11 is 0. The molecule has 0 unspecified atom stereocenters. The van der Waals surface area contributed by atoms with Crippen LogP contribution in [0.3, 0.4) is 0 Å². The summed E-state index contributed by atoms with van der Waals surface area (Å²) in [6.45, 7) is 2.40. The van der Waals surface area contributed by atoms with Gasteiger partial charge in [-0.2, -0.15) is 0 Å². The first kappa shape index (κ1) is 10.3. The Bertz CT molecular complexity index is 341. The van der Waals surface area contributed by atoms with Crippen LogP contribution >= 0.6 is 0 Å². The quantitative estimate of drug-likeness (QED) is 0.576. The molecule has 1 heterocycles. The van der Waals surface area contributed by atoms with E-state index < -0.39 is 0 Å². The van der Waals surface area contributed by atoms with E-state index in [1.54, 1.807) is 0 Å². The first-order chi connectivity index (χ1) is 7.29. The van der Waals surface area contributed by atoms with Crippen LogP contribution in [0.15, 0.2) is 18.2 Å². The van der Waals surface area contributed by atoms with E-state index >= 15 is 0 Å². The second-order valence-electron chi connectivity index (χ2n) is 3.79. The van der Waals surface area contributed by atoms with Crippen molar-refractivity contribution in [2.45, 2.75) is 25.8 Å². The summed E-state index contributed by atoms with van der Waals surface area (Å²) in [6.07, 6.45) is 2.00. The first-order valence-corrected chi connectivity index (χ1v) is 5.14. The van der Waals surface area contributed by atoms with Crippen LogP contribution < -0.4 is 20.7 Å². The highest BCUT2D eigenvalue weighted by Crippen LogP contribution is 2.32. The van der Waals surface area contributed by atoms with Crippen LogP contribution in [0.4, 0.5) is 0 Å². The molecule has 0 bridgehead atoms. The molecule has 0 fully saturated rings. The number of ether oxygens (including phenoxy) is 2. The van der Waals surface area contributed by atoms with Gasteiger partial charge in [0, 0.05) is 6.04 Å². The third-order valence-corrected chi connectivity index (χ3v) is 2.59. The van der Waals surface area contributed by atoms with Gasteiger partial charge < -0.3 is 9.47 Å². The molecule has 1 aromatic carbocycles. The van der Waals surface area contributed by atoms with Crippen LogP contribution in [0.2, 0.25) is 0 Å².